The van der Waals surface area contributed by atoms with Gasteiger partial charge < -0.3 is 24.7 Å². The number of benzene rings is 1. The van der Waals surface area contributed by atoms with Crippen LogP contribution in [0.4, 0.5) is 4.79 Å². The van der Waals surface area contributed by atoms with Crippen LogP contribution in [0.1, 0.15) is 20.8 Å². The molecule has 10 heteroatoms. The molecule has 1 aromatic rings. The molecule has 25 heavy (non-hydrogen) atoms. The van der Waals surface area contributed by atoms with Gasteiger partial charge in [0.15, 0.2) is 11.5 Å². The second-order valence-electron chi connectivity index (χ2n) is 6.01. The van der Waals surface area contributed by atoms with Gasteiger partial charge in [-0.25, -0.2) is 13.2 Å². The number of rotatable bonds is 7. The Bertz CT molecular complexity index is 719. The zero-order valence-electron chi connectivity index (χ0n) is 14.3. The van der Waals surface area contributed by atoms with Crippen LogP contribution in [0, 0.1) is 5.92 Å². The van der Waals surface area contributed by atoms with Gasteiger partial charge in [-0.1, -0.05) is 13.8 Å². The fourth-order valence-corrected chi connectivity index (χ4v) is 3.38. The first-order chi connectivity index (χ1) is 11.7. The maximum atomic E-state index is 12.8. The molecular weight excluding hydrogens is 352 g/mol. The van der Waals surface area contributed by atoms with Crippen LogP contribution in [0.15, 0.2) is 23.1 Å². The van der Waals surface area contributed by atoms with Gasteiger partial charge in [0.2, 0.25) is 6.79 Å². The highest BCUT2D eigenvalue weighted by Gasteiger charge is 2.31. The average Bonchev–Trinajstić information content (AvgIpc) is 2.99. The molecule has 1 atom stereocenters. The van der Waals surface area contributed by atoms with E-state index in [0.717, 1.165) is 0 Å². The number of nitrogens with one attached hydrogen (secondary N) is 1. The van der Waals surface area contributed by atoms with E-state index in [1.54, 1.807) is 13.8 Å². The minimum atomic E-state index is -4.10. The third-order valence-corrected chi connectivity index (χ3v) is 4.76. The summed E-state index contributed by atoms with van der Waals surface area (Å²) in [6.07, 6.45) is -1.75. The monoisotopic (exact) mass is 374 g/mol. The smallest absolute Gasteiger partial charge is 0.427 e. The SMILES string of the molecule is CC(C)CN(OC(=O)NCC(C)O)S(=O)(=O)c1ccc2c(c1)OCO2. The van der Waals surface area contributed by atoms with Crippen LogP contribution in [0.2, 0.25) is 0 Å². The number of carbonyl (C=O) groups is 1. The number of amides is 1. The van der Waals surface area contributed by atoms with Crippen LogP contribution >= 0.6 is 0 Å². The van der Waals surface area contributed by atoms with Gasteiger partial charge in [-0.05, 0) is 29.4 Å². The van der Waals surface area contributed by atoms with Gasteiger partial charge in [0.05, 0.1) is 17.5 Å². The number of aliphatic hydroxyl groups is 1. The van der Waals surface area contributed by atoms with Crippen molar-refractivity contribution in [3.63, 3.8) is 0 Å². The van der Waals surface area contributed by atoms with E-state index < -0.39 is 22.2 Å². The van der Waals surface area contributed by atoms with Gasteiger partial charge in [0.25, 0.3) is 10.0 Å². The number of ether oxygens (including phenoxy) is 2. The van der Waals surface area contributed by atoms with Crippen molar-refractivity contribution in [1.82, 2.24) is 9.79 Å². The third-order valence-electron chi connectivity index (χ3n) is 3.15. The number of hydrogen-bond acceptors (Lipinski definition) is 7. The van der Waals surface area contributed by atoms with Crippen molar-refractivity contribution < 1.29 is 32.6 Å². The summed E-state index contributed by atoms with van der Waals surface area (Å²) >= 11 is 0. The number of aliphatic hydroxyl groups excluding tert-OH is 1. The van der Waals surface area contributed by atoms with Crippen LogP contribution in [0.5, 0.6) is 11.5 Å². The Hall–Kier alpha value is -2.04. The Morgan fingerprint density at radius 1 is 1.32 bits per heavy atom. The summed E-state index contributed by atoms with van der Waals surface area (Å²) in [6, 6.07) is 4.16. The topological polar surface area (TPSA) is 114 Å². The molecular formula is C15H22N2O7S. The average molecular weight is 374 g/mol. The first-order valence-electron chi connectivity index (χ1n) is 7.76. The van der Waals surface area contributed by atoms with Gasteiger partial charge in [-0.2, -0.15) is 0 Å². The quantitative estimate of drug-likeness (QED) is 0.687. The Morgan fingerprint density at radius 2 is 2.00 bits per heavy atom. The molecule has 9 nitrogen and oxygen atoms in total. The Balaban J connectivity index is 2.21. The van der Waals surface area contributed by atoms with Crippen LogP contribution < -0.4 is 14.8 Å². The summed E-state index contributed by atoms with van der Waals surface area (Å²) < 4.78 is 36.6. The van der Waals surface area contributed by atoms with Gasteiger partial charge in [-0.15, -0.1) is 0 Å². The Morgan fingerprint density at radius 3 is 2.64 bits per heavy atom. The molecule has 0 aliphatic carbocycles. The fraction of sp³-hybridized carbons (Fsp3) is 0.533. The zero-order valence-corrected chi connectivity index (χ0v) is 15.1. The molecule has 0 saturated carbocycles. The summed E-state index contributed by atoms with van der Waals surface area (Å²) in [5, 5.41) is 11.5. The molecule has 1 heterocycles. The summed E-state index contributed by atoms with van der Waals surface area (Å²) in [5.41, 5.74) is 0. The van der Waals surface area contributed by atoms with Crippen molar-refractivity contribution in [2.75, 3.05) is 19.9 Å². The standard InChI is InChI=1S/C15H22N2O7S/c1-10(2)8-17(24-15(19)16-7-11(3)18)25(20,21)12-4-5-13-14(6-12)23-9-22-13/h4-6,10-11,18H,7-9H2,1-3H3,(H,16,19). The lowest BCUT2D eigenvalue weighted by atomic mass is 10.2. The van der Waals surface area contributed by atoms with E-state index in [0.29, 0.717) is 16.0 Å². The molecule has 140 valence electrons. The van der Waals surface area contributed by atoms with E-state index >= 15 is 0 Å². The molecule has 0 aromatic heterocycles. The van der Waals surface area contributed by atoms with E-state index in [1.165, 1.54) is 25.1 Å². The summed E-state index contributed by atoms with van der Waals surface area (Å²) in [7, 11) is -4.10. The number of nitrogens with zero attached hydrogens (tertiary/aromatic N) is 1. The largest absolute Gasteiger partial charge is 0.454 e. The van der Waals surface area contributed by atoms with E-state index in [9.17, 15) is 18.3 Å². The number of carbonyl (C=O) groups excluding carboxylic acids is 1. The lowest BCUT2D eigenvalue weighted by molar-refractivity contribution is -0.0297. The molecule has 0 fully saturated rings. The molecule has 2 N–H and O–H groups in total. The fourth-order valence-electron chi connectivity index (χ4n) is 1.99. The molecule has 0 radical (unpaired) electrons. The highest BCUT2D eigenvalue weighted by atomic mass is 32.2. The normalized spacial score (nSPS) is 14.6. The number of fused-ring (bicyclic) bond motifs is 1. The number of hydroxylamine groups is 1. The third kappa shape index (κ3) is 4.97. The number of sulfonamides is 1. The molecule has 1 aliphatic heterocycles. The minimum Gasteiger partial charge on any atom is -0.454 e. The van der Waals surface area contributed by atoms with E-state index in [2.05, 4.69) is 5.32 Å². The second-order valence-corrected chi connectivity index (χ2v) is 7.84. The summed E-state index contributed by atoms with van der Waals surface area (Å²) in [4.78, 5) is 16.7. The van der Waals surface area contributed by atoms with Crippen molar-refractivity contribution in [3.8, 4) is 11.5 Å². The van der Waals surface area contributed by atoms with E-state index in [4.69, 9.17) is 14.3 Å². The predicted octanol–water partition coefficient (Wildman–Crippen LogP) is 1.08. The second kappa shape index (κ2) is 7.89. The van der Waals surface area contributed by atoms with E-state index in [1.807, 2.05) is 0 Å². The van der Waals surface area contributed by atoms with Crippen LogP contribution in [0.25, 0.3) is 0 Å². The minimum absolute atomic E-state index is 0.0206. The highest BCUT2D eigenvalue weighted by molar-refractivity contribution is 7.89. The molecule has 0 saturated heterocycles. The van der Waals surface area contributed by atoms with Crippen molar-refractivity contribution in [2.45, 2.75) is 31.8 Å². The molecule has 1 aromatic carbocycles. The van der Waals surface area contributed by atoms with Gasteiger partial charge >= 0.3 is 6.09 Å². The molecule has 1 aliphatic rings. The first kappa shape index (κ1) is 19.3. The van der Waals surface area contributed by atoms with Gasteiger partial charge in [-0.3, -0.25) is 0 Å². The Labute approximate surface area is 146 Å². The molecule has 1 amide bonds. The number of hydrogen-bond donors (Lipinski definition) is 2. The molecule has 0 spiro atoms. The maximum Gasteiger partial charge on any atom is 0.427 e. The first-order valence-corrected chi connectivity index (χ1v) is 9.20. The summed E-state index contributed by atoms with van der Waals surface area (Å²) in [6.45, 7) is 5.00. The van der Waals surface area contributed by atoms with Crippen molar-refractivity contribution >= 4 is 16.1 Å². The van der Waals surface area contributed by atoms with E-state index in [-0.39, 0.29) is 30.7 Å². The van der Waals surface area contributed by atoms with Crippen LogP contribution in [-0.2, 0) is 14.9 Å². The molecule has 0 bridgehead atoms. The lowest BCUT2D eigenvalue weighted by Crippen LogP contribution is -2.41. The van der Waals surface area contributed by atoms with Gasteiger partial charge in [0, 0.05) is 12.6 Å². The zero-order chi connectivity index (χ0) is 18.6. The predicted molar refractivity (Wildman–Crippen MR) is 87.5 cm³/mol. The Kier molecular flexibility index (Phi) is 6.09. The van der Waals surface area contributed by atoms with Crippen molar-refractivity contribution in [3.05, 3.63) is 18.2 Å². The van der Waals surface area contributed by atoms with Gasteiger partial charge in [0.1, 0.15) is 0 Å². The van der Waals surface area contributed by atoms with Crippen LogP contribution in [0.3, 0.4) is 0 Å². The van der Waals surface area contributed by atoms with Crippen molar-refractivity contribution in [1.29, 1.82) is 0 Å². The van der Waals surface area contributed by atoms with Crippen molar-refractivity contribution in [2.24, 2.45) is 5.92 Å². The maximum absolute atomic E-state index is 12.8. The molecule has 2 rings (SSSR count). The summed E-state index contributed by atoms with van der Waals surface area (Å²) in [5.74, 6) is 0.669. The van der Waals surface area contributed by atoms with Crippen LogP contribution in [-0.4, -0.2) is 50.1 Å². The highest BCUT2D eigenvalue weighted by Crippen LogP contribution is 2.34. The molecule has 1 unspecified atom stereocenters. The lowest BCUT2D eigenvalue weighted by Gasteiger charge is -2.22.